The van der Waals surface area contributed by atoms with Gasteiger partial charge in [0.25, 0.3) is 0 Å². The number of rotatable bonds is 8. The molecule has 0 spiro atoms. The summed E-state index contributed by atoms with van der Waals surface area (Å²) in [7, 11) is 4.68. The van der Waals surface area contributed by atoms with Gasteiger partial charge in [0, 0.05) is 24.6 Å². The van der Waals surface area contributed by atoms with Crippen LogP contribution in [-0.2, 0) is 27.4 Å². The van der Waals surface area contributed by atoms with Crippen molar-refractivity contribution >= 4 is 23.6 Å². The molecule has 2 N–H and O–H groups in total. The minimum atomic E-state index is -0.327. The lowest BCUT2D eigenvalue weighted by molar-refractivity contribution is -0.131. The molecule has 2 aromatic carbocycles. The molecule has 10 nitrogen and oxygen atoms in total. The SMILES string of the molecule is COCc1nc(-c2cccc(NC(=O)CN3C=Cc4cc(OC)c(OC)cc4CC3=O)c2)n[nH]1. The number of H-pyrrole nitrogens is 1. The number of hydrogen-bond donors (Lipinski definition) is 2. The first kappa shape index (κ1) is 23.0. The summed E-state index contributed by atoms with van der Waals surface area (Å²) in [5, 5.41) is 9.82. The van der Waals surface area contributed by atoms with E-state index in [1.165, 1.54) is 4.90 Å². The summed E-state index contributed by atoms with van der Waals surface area (Å²) >= 11 is 0. The molecular weight excluding hydrogens is 438 g/mol. The third-order valence-electron chi connectivity index (χ3n) is 5.27. The number of anilines is 1. The second-order valence-corrected chi connectivity index (χ2v) is 7.59. The standard InChI is InChI=1S/C24H25N5O5/c1-32-14-21-26-24(28-27-21)16-5-4-6-18(9-16)25-22(30)13-29-8-7-15-10-19(33-2)20(34-3)11-17(15)12-23(29)31/h4-11H,12-14H2,1-3H3,(H,25,30)(H,26,27,28). The Bertz CT molecular complexity index is 1240. The molecule has 0 atom stereocenters. The maximum absolute atomic E-state index is 12.8. The summed E-state index contributed by atoms with van der Waals surface area (Å²) in [6.45, 7) is 0.199. The van der Waals surface area contributed by atoms with Crippen LogP contribution >= 0.6 is 0 Å². The Kier molecular flexibility index (Phi) is 6.88. The molecule has 0 radical (unpaired) electrons. The second kappa shape index (κ2) is 10.2. The second-order valence-electron chi connectivity index (χ2n) is 7.59. The Morgan fingerprint density at radius 2 is 1.94 bits per heavy atom. The maximum Gasteiger partial charge on any atom is 0.244 e. The van der Waals surface area contributed by atoms with Crippen LogP contribution in [0.4, 0.5) is 5.69 Å². The molecule has 0 saturated carbocycles. The Morgan fingerprint density at radius 1 is 1.15 bits per heavy atom. The van der Waals surface area contributed by atoms with Crippen LogP contribution in [0.5, 0.6) is 11.5 Å². The topological polar surface area (TPSA) is 119 Å². The zero-order valence-corrected chi connectivity index (χ0v) is 19.1. The zero-order valence-electron chi connectivity index (χ0n) is 19.1. The minimum absolute atomic E-state index is 0.125. The third-order valence-corrected chi connectivity index (χ3v) is 5.27. The molecule has 0 aliphatic carbocycles. The number of aromatic amines is 1. The van der Waals surface area contributed by atoms with Gasteiger partial charge in [0.2, 0.25) is 11.8 Å². The first-order chi connectivity index (χ1) is 16.5. The highest BCUT2D eigenvalue weighted by Gasteiger charge is 2.21. The number of aromatic nitrogens is 3. The number of nitrogens with one attached hydrogen (secondary N) is 2. The van der Waals surface area contributed by atoms with Gasteiger partial charge in [-0.15, -0.1) is 0 Å². The van der Waals surface area contributed by atoms with E-state index in [4.69, 9.17) is 14.2 Å². The summed E-state index contributed by atoms with van der Waals surface area (Å²) in [6, 6.07) is 10.8. The van der Waals surface area contributed by atoms with Gasteiger partial charge in [0.15, 0.2) is 23.1 Å². The van der Waals surface area contributed by atoms with Gasteiger partial charge >= 0.3 is 0 Å². The van der Waals surface area contributed by atoms with Crippen LogP contribution < -0.4 is 14.8 Å². The van der Waals surface area contributed by atoms with Crippen LogP contribution in [0, 0.1) is 0 Å². The molecule has 0 saturated heterocycles. The molecule has 0 unspecified atom stereocenters. The van der Waals surface area contributed by atoms with E-state index in [-0.39, 0.29) is 24.8 Å². The Balaban J connectivity index is 1.44. The monoisotopic (exact) mass is 463 g/mol. The first-order valence-electron chi connectivity index (χ1n) is 10.5. The number of methoxy groups -OCH3 is 3. The van der Waals surface area contributed by atoms with Crippen molar-refractivity contribution in [3.05, 3.63) is 59.5 Å². The number of ether oxygens (including phenoxy) is 3. The van der Waals surface area contributed by atoms with E-state index < -0.39 is 0 Å². The summed E-state index contributed by atoms with van der Waals surface area (Å²) < 4.78 is 15.7. The van der Waals surface area contributed by atoms with Gasteiger partial charge in [-0.2, -0.15) is 5.10 Å². The van der Waals surface area contributed by atoms with E-state index in [1.54, 1.807) is 57.9 Å². The highest BCUT2D eigenvalue weighted by atomic mass is 16.5. The fourth-order valence-electron chi connectivity index (χ4n) is 3.62. The van der Waals surface area contributed by atoms with Gasteiger partial charge in [-0.05, 0) is 41.5 Å². The molecule has 176 valence electrons. The summed E-state index contributed by atoms with van der Waals surface area (Å²) in [4.78, 5) is 31.3. The quantitative estimate of drug-likeness (QED) is 0.527. The Morgan fingerprint density at radius 3 is 2.71 bits per heavy atom. The predicted octanol–water partition coefficient (Wildman–Crippen LogP) is 2.63. The van der Waals surface area contributed by atoms with Gasteiger partial charge in [0.1, 0.15) is 13.2 Å². The molecule has 2 amide bonds. The van der Waals surface area contributed by atoms with Crippen LogP contribution in [0.3, 0.4) is 0 Å². The lowest BCUT2D eigenvalue weighted by Crippen LogP contribution is -2.34. The lowest BCUT2D eigenvalue weighted by Gasteiger charge is -2.17. The molecule has 34 heavy (non-hydrogen) atoms. The fraction of sp³-hybridized carbons (Fsp3) is 0.250. The van der Waals surface area contributed by atoms with Crippen LogP contribution in [0.2, 0.25) is 0 Å². The average molecular weight is 463 g/mol. The number of fused-ring (bicyclic) bond motifs is 1. The highest BCUT2D eigenvalue weighted by molar-refractivity contribution is 5.96. The zero-order chi connectivity index (χ0) is 24.1. The van der Waals surface area contributed by atoms with Gasteiger partial charge in [-0.1, -0.05) is 12.1 Å². The molecule has 1 aromatic heterocycles. The van der Waals surface area contributed by atoms with Crippen LogP contribution in [-0.4, -0.2) is 59.8 Å². The van der Waals surface area contributed by atoms with E-state index in [9.17, 15) is 9.59 Å². The summed E-state index contributed by atoms with van der Waals surface area (Å²) in [6.07, 6.45) is 3.54. The molecule has 10 heteroatoms. The summed E-state index contributed by atoms with van der Waals surface area (Å²) in [5.41, 5.74) is 2.94. The lowest BCUT2D eigenvalue weighted by atomic mass is 10.0. The molecule has 2 heterocycles. The normalized spacial score (nSPS) is 12.8. The number of benzene rings is 2. The number of hydrogen-bond acceptors (Lipinski definition) is 7. The van der Waals surface area contributed by atoms with Gasteiger partial charge in [0.05, 0.1) is 20.6 Å². The van der Waals surface area contributed by atoms with Crippen molar-refractivity contribution in [2.24, 2.45) is 0 Å². The van der Waals surface area contributed by atoms with Crippen molar-refractivity contribution in [2.75, 3.05) is 33.2 Å². The fourth-order valence-corrected chi connectivity index (χ4v) is 3.62. The van der Waals surface area contributed by atoms with E-state index in [0.29, 0.717) is 35.4 Å². The Hall–Kier alpha value is -4.18. The third kappa shape index (κ3) is 5.07. The van der Waals surface area contributed by atoms with Crippen molar-refractivity contribution in [1.29, 1.82) is 0 Å². The van der Waals surface area contributed by atoms with E-state index >= 15 is 0 Å². The van der Waals surface area contributed by atoms with Crippen molar-refractivity contribution in [3.8, 4) is 22.9 Å². The molecule has 0 bridgehead atoms. The first-order valence-corrected chi connectivity index (χ1v) is 10.5. The van der Waals surface area contributed by atoms with Crippen LogP contribution in [0.1, 0.15) is 17.0 Å². The van der Waals surface area contributed by atoms with E-state index in [2.05, 4.69) is 20.5 Å². The Labute approximate surface area is 196 Å². The van der Waals surface area contributed by atoms with Crippen molar-refractivity contribution in [3.63, 3.8) is 0 Å². The van der Waals surface area contributed by atoms with Crippen molar-refractivity contribution < 1.29 is 23.8 Å². The molecule has 1 aliphatic heterocycles. The van der Waals surface area contributed by atoms with E-state index in [0.717, 1.165) is 16.7 Å². The van der Waals surface area contributed by atoms with Crippen LogP contribution in [0.15, 0.2) is 42.6 Å². The molecule has 0 fully saturated rings. The molecule has 1 aliphatic rings. The average Bonchev–Trinajstić information content (AvgIpc) is 3.25. The smallest absolute Gasteiger partial charge is 0.244 e. The number of carbonyl (C=O) groups is 2. The van der Waals surface area contributed by atoms with E-state index in [1.807, 2.05) is 12.1 Å². The van der Waals surface area contributed by atoms with Gasteiger partial charge < -0.3 is 24.4 Å². The maximum atomic E-state index is 12.8. The largest absolute Gasteiger partial charge is 0.493 e. The summed E-state index contributed by atoms with van der Waals surface area (Å²) in [5.74, 6) is 1.70. The predicted molar refractivity (Wildman–Crippen MR) is 125 cm³/mol. The van der Waals surface area contributed by atoms with Gasteiger partial charge in [-0.25, -0.2) is 4.98 Å². The van der Waals surface area contributed by atoms with Gasteiger partial charge in [-0.3, -0.25) is 14.7 Å². The molecule has 4 rings (SSSR count). The molecule has 3 aromatic rings. The number of amides is 2. The minimum Gasteiger partial charge on any atom is -0.493 e. The van der Waals surface area contributed by atoms with Crippen LogP contribution in [0.25, 0.3) is 17.5 Å². The van der Waals surface area contributed by atoms with Crippen molar-refractivity contribution in [1.82, 2.24) is 20.1 Å². The highest BCUT2D eigenvalue weighted by Crippen LogP contribution is 2.32. The van der Waals surface area contributed by atoms with Crippen molar-refractivity contribution in [2.45, 2.75) is 13.0 Å². The number of carbonyl (C=O) groups excluding carboxylic acids is 2. The number of nitrogens with zero attached hydrogens (tertiary/aromatic N) is 3. The molecular formula is C24H25N5O5.